The smallest absolute Gasteiger partial charge is 0.411 e. The summed E-state index contributed by atoms with van der Waals surface area (Å²) in [6.07, 6.45) is -1.42. The van der Waals surface area contributed by atoms with E-state index < -0.39 is 35.0 Å². The summed E-state index contributed by atoms with van der Waals surface area (Å²) in [5.41, 5.74) is -2.16. The van der Waals surface area contributed by atoms with Gasteiger partial charge in [-0.3, -0.25) is 4.90 Å². The molecule has 1 spiro atoms. The zero-order valence-corrected chi connectivity index (χ0v) is 11.1. The number of carboxylic acid groups (broad SMARTS) is 1. The van der Waals surface area contributed by atoms with Crippen molar-refractivity contribution < 1.29 is 28.2 Å². The Kier molecular flexibility index (Phi) is 2.80. The molecule has 0 radical (unpaired) electrons. The van der Waals surface area contributed by atoms with Gasteiger partial charge in [0.25, 0.3) is 5.92 Å². The SMILES string of the molecule is CC(C)(C)OC(=O)N1C[C@@]2(CC1C(=O)O)CC2(F)F. The Hall–Kier alpha value is -1.40. The molecule has 0 aromatic carbocycles. The second-order valence-corrected chi connectivity index (χ2v) is 6.33. The van der Waals surface area contributed by atoms with Crippen LogP contribution in [0.3, 0.4) is 0 Å². The molecule has 0 aromatic heterocycles. The molecule has 2 rings (SSSR count). The molecule has 1 heterocycles. The quantitative estimate of drug-likeness (QED) is 0.797. The van der Waals surface area contributed by atoms with Crippen molar-refractivity contribution in [3.63, 3.8) is 0 Å². The van der Waals surface area contributed by atoms with Crippen molar-refractivity contribution in [1.29, 1.82) is 0 Å². The van der Waals surface area contributed by atoms with E-state index in [0.29, 0.717) is 0 Å². The van der Waals surface area contributed by atoms with Gasteiger partial charge in [-0.1, -0.05) is 0 Å². The fraction of sp³-hybridized carbons (Fsp3) is 0.833. The van der Waals surface area contributed by atoms with Crippen molar-refractivity contribution in [3.8, 4) is 0 Å². The first kappa shape index (κ1) is 14.0. The Bertz CT molecular complexity index is 432. The Morgan fingerprint density at radius 2 is 1.89 bits per heavy atom. The van der Waals surface area contributed by atoms with E-state index >= 15 is 0 Å². The molecule has 2 fully saturated rings. The minimum absolute atomic E-state index is 0.214. The van der Waals surface area contributed by atoms with Crippen LogP contribution in [0.4, 0.5) is 13.6 Å². The van der Waals surface area contributed by atoms with Crippen molar-refractivity contribution in [3.05, 3.63) is 0 Å². The first-order chi connectivity index (χ1) is 8.47. The van der Waals surface area contributed by atoms with Crippen LogP contribution in [0, 0.1) is 5.41 Å². The minimum atomic E-state index is -2.88. The number of likely N-dealkylation sites (tertiary alicyclic amines) is 1. The molecule has 2 aliphatic rings. The summed E-state index contributed by atoms with van der Waals surface area (Å²) in [5, 5.41) is 9.07. The van der Waals surface area contributed by atoms with Crippen LogP contribution in [-0.2, 0) is 9.53 Å². The van der Waals surface area contributed by atoms with Gasteiger partial charge in [-0.25, -0.2) is 18.4 Å². The van der Waals surface area contributed by atoms with Crippen LogP contribution < -0.4 is 0 Å². The molecule has 1 amide bonds. The monoisotopic (exact) mass is 277 g/mol. The molecule has 108 valence electrons. The number of alkyl halides is 2. The van der Waals surface area contributed by atoms with Gasteiger partial charge in [0.2, 0.25) is 0 Å². The second kappa shape index (κ2) is 3.80. The van der Waals surface area contributed by atoms with E-state index in [1.807, 2.05) is 0 Å². The van der Waals surface area contributed by atoms with Gasteiger partial charge in [-0.2, -0.15) is 0 Å². The lowest BCUT2D eigenvalue weighted by molar-refractivity contribution is -0.142. The lowest BCUT2D eigenvalue weighted by Gasteiger charge is -2.26. The van der Waals surface area contributed by atoms with E-state index in [4.69, 9.17) is 9.84 Å². The first-order valence-corrected chi connectivity index (χ1v) is 6.08. The molecule has 1 saturated carbocycles. The van der Waals surface area contributed by atoms with Crippen LogP contribution in [0.5, 0.6) is 0 Å². The Morgan fingerprint density at radius 1 is 1.37 bits per heavy atom. The van der Waals surface area contributed by atoms with Gasteiger partial charge in [0.05, 0.1) is 5.41 Å². The standard InChI is InChI=1S/C12H17F2NO4/c1-10(2,3)19-9(18)15-6-11(5-12(11,13)14)4-7(15)8(16)17/h7H,4-6H2,1-3H3,(H,16,17)/t7?,11-/m1/s1. The molecular weight excluding hydrogens is 260 g/mol. The predicted octanol–water partition coefficient (Wildman–Crippen LogP) is 2.11. The molecule has 0 aromatic rings. The zero-order chi connectivity index (χ0) is 14.6. The molecule has 1 saturated heterocycles. The molecule has 1 aliphatic carbocycles. The zero-order valence-electron chi connectivity index (χ0n) is 11.1. The average Bonchev–Trinajstić information content (AvgIpc) is 2.55. The number of amides is 1. The van der Waals surface area contributed by atoms with Gasteiger partial charge in [0, 0.05) is 13.0 Å². The number of carboxylic acids is 1. The van der Waals surface area contributed by atoms with E-state index in [9.17, 15) is 18.4 Å². The topological polar surface area (TPSA) is 66.8 Å². The van der Waals surface area contributed by atoms with E-state index in [0.717, 1.165) is 4.90 Å². The van der Waals surface area contributed by atoms with Gasteiger partial charge in [-0.15, -0.1) is 0 Å². The fourth-order valence-corrected chi connectivity index (χ4v) is 2.49. The molecule has 2 atom stereocenters. The predicted molar refractivity (Wildman–Crippen MR) is 61.0 cm³/mol. The van der Waals surface area contributed by atoms with Crippen molar-refractivity contribution in [2.75, 3.05) is 6.54 Å². The van der Waals surface area contributed by atoms with Crippen LogP contribution >= 0.6 is 0 Å². The second-order valence-electron chi connectivity index (χ2n) is 6.33. The van der Waals surface area contributed by atoms with Gasteiger partial charge < -0.3 is 9.84 Å². The molecule has 1 unspecified atom stereocenters. The van der Waals surface area contributed by atoms with Gasteiger partial charge in [0.15, 0.2) is 0 Å². The Labute approximate surface area is 109 Å². The van der Waals surface area contributed by atoms with Crippen molar-refractivity contribution in [1.82, 2.24) is 4.90 Å². The van der Waals surface area contributed by atoms with Gasteiger partial charge in [-0.05, 0) is 27.2 Å². The molecule has 5 nitrogen and oxygen atoms in total. The number of ether oxygens (including phenoxy) is 1. The maximum atomic E-state index is 13.3. The van der Waals surface area contributed by atoms with Crippen molar-refractivity contribution in [2.24, 2.45) is 5.41 Å². The Balaban J connectivity index is 2.15. The van der Waals surface area contributed by atoms with E-state index in [2.05, 4.69) is 0 Å². The lowest BCUT2D eigenvalue weighted by Crippen LogP contribution is -2.43. The van der Waals surface area contributed by atoms with Crippen LogP contribution in [0.2, 0.25) is 0 Å². The number of halogens is 2. The third-order valence-corrected chi connectivity index (χ3v) is 3.56. The van der Waals surface area contributed by atoms with Crippen LogP contribution in [0.1, 0.15) is 33.6 Å². The van der Waals surface area contributed by atoms with E-state index in [1.165, 1.54) is 0 Å². The fourth-order valence-electron chi connectivity index (χ4n) is 2.49. The number of aliphatic carboxylic acids is 1. The average molecular weight is 277 g/mol. The van der Waals surface area contributed by atoms with Crippen molar-refractivity contribution in [2.45, 2.75) is 51.2 Å². The van der Waals surface area contributed by atoms with Gasteiger partial charge >= 0.3 is 12.1 Å². The first-order valence-electron chi connectivity index (χ1n) is 6.08. The van der Waals surface area contributed by atoms with E-state index in [1.54, 1.807) is 20.8 Å². The maximum absolute atomic E-state index is 13.3. The Morgan fingerprint density at radius 3 is 2.26 bits per heavy atom. The van der Waals surface area contributed by atoms with Crippen molar-refractivity contribution >= 4 is 12.1 Å². The summed E-state index contributed by atoms with van der Waals surface area (Å²) in [4.78, 5) is 23.9. The summed E-state index contributed by atoms with van der Waals surface area (Å²) in [7, 11) is 0. The molecule has 7 heteroatoms. The normalized spacial score (nSPS) is 32.5. The number of nitrogens with zero attached hydrogens (tertiary/aromatic N) is 1. The highest BCUT2D eigenvalue weighted by atomic mass is 19.3. The summed E-state index contributed by atoms with van der Waals surface area (Å²) >= 11 is 0. The molecular formula is C12H17F2NO4. The van der Waals surface area contributed by atoms with E-state index in [-0.39, 0.29) is 19.4 Å². The molecule has 1 aliphatic heterocycles. The highest BCUT2D eigenvalue weighted by Crippen LogP contribution is 2.66. The third kappa shape index (κ3) is 2.37. The molecule has 1 N–H and O–H groups in total. The van der Waals surface area contributed by atoms with Gasteiger partial charge in [0.1, 0.15) is 11.6 Å². The summed E-state index contributed by atoms with van der Waals surface area (Å²) in [6.45, 7) is 4.65. The number of carbonyl (C=O) groups is 2. The highest BCUT2D eigenvalue weighted by molar-refractivity contribution is 5.81. The largest absolute Gasteiger partial charge is 0.480 e. The number of rotatable bonds is 1. The van der Waals surface area contributed by atoms with Crippen LogP contribution in [0.15, 0.2) is 0 Å². The summed E-state index contributed by atoms with van der Waals surface area (Å²) < 4.78 is 31.7. The number of carbonyl (C=O) groups excluding carboxylic acids is 1. The van der Waals surface area contributed by atoms with Crippen LogP contribution in [-0.4, -0.2) is 46.2 Å². The minimum Gasteiger partial charge on any atom is -0.480 e. The summed E-state index contributed by atoms with van der Waals surface area (Å²) in [6, 6.07) is -1.23. The highest BCUT2D eigenvalue weighted by Gasteiger charge is 2.75. The maximum Gasteiger partial charge on any atom is 0.411 e. The molecule has 19 heavy (non-hydrogen) atoms. The summed E-state index contributed by atoms with van der Waals surface area (Å²) in [5.74, 6) is -4.15. The number of hydrogen-bond acceptors (Lipinski definition) is 3. The molecule has 0 bridgehead atoms. The lowest BCUT2D eigenvalue weighted by atomic mass is 10.0. The van der Waals surface area contributed by atoms with Crippen LogP contribution in [0.25, 0.3) is 0 Å². The number of hydrogen-bond donors (Lipinski definition) is 1. The third-order valence-electron chi connectivity index (χ3n) is 3.56.